The van der Waals surface area contributed by atoms with Gasteiger partial charge in [-0.25, -0.2) is 0 Å². The zero-order valence-electron chi connectivity index (χ0n) is 4.28. The molecular weight excluding hydrogens is 88.1 g/mol. The minimum atomic E-state index is 0.125. The molecule has 0 rings (SSSR count). The third-order valence-corrected chi connectivity index (χ3v) is 0.454. The summed E-state index contributed by atoms with van der Waals surface area (Å²) in [4.78, 5) is 0. The highest BCUT2D eigenvalue weighted by molar-refractivity contribution is 5.05. The summed E-state index contributed by atoms with van der Waals surface area (Å²) in [6.45, 7) is 10.2. The molecule has 0 aromatic rings. The fourth-order valence-corrected chi connectivity index (χ4v) is 0.289. The maximum Gasteiger partial charge on any atom is 0.104 e. The predicted molar refractivity (Wildman–Crippen MR) is 30.9 cm³/mol. The Bertz CT molecular complexity index is 80.4. The van der Waals surface area contributed by atoms with Crippen molar-refractivity contribution < 1.29 is 5.11 Å². The molecule has 0 fully saturated rings. The van der Waals surface area contributed by atoms with Crippen LogP contribution in [0, 0.1) is 6.92 Å². The Balaban J connectivity index is 3.32. The molecule has 0 atom stereocenters. The average Bonchev–Trinajstić information content (AvgIpc) is 1.27. The number of aliphatic hydroxyl groups is 1. The van der Waals surface area contributed by atoms with Crippen molar-refractivity contribution in [2.45, 2.75) is 6.42 Å². The van der Waals surface area contributed by atoms with Crippen LogP contribution < -0.4 is 0 Å². The molecule has 0 unspecified atom stereocenters. The summed E-state index contributed by atoms with van der Waals surface area (Å²) >= 11 is 0. The monoisotopic (exact) mass is 97.1 g/mol. The summed E-state index contributed by atoms with van der Waals surface area (Å²) in [6.07, 6.45) is 0.417. The van der Waals surface area contributed by atoms with Crippen molar-refractivity contribution in [3.8, 4) is 0 Å². The van der Waals surface area contributed by atoms with Crippen molar-refractivity contribution in [2.24, 2.45) is 0 Å². The number of hydrogen-bond donors (Lipinski definition) is 1. The minimum Gasteiger partial charge on any atom is -0.512 e. The van der Waals surface area contributed by atoms with Gasteiger partial charge in [-0.1, -0.05) is 6.58 Å². The van der Waals surface area contributed by atoms with Crippen LogP contribution in [0.2, 0.25) is 0 Å². The van der Waals surface area contributed by atoms with Gasteiger partial charge in [-0.2, -0.15) is 0 Å². The van der Waals surface area contributed by atoms with E-state index in [0.29, 0.717) is 12.0 Å². The van der Waals surface area contributed by atoms with E-state index < -0.39 is 0 Å². The van der Waals surface area contributed by atoms with Gasteiger partial charge in [0.25, 0.3) is 0 Å². The molecular formula is C6H9O+. The van der Waals surface area contributed by atoms with Gasteiger partial charge in [0, 0.05) is 13.5 Å². The molecule has 0 saturated carbocycles. The van der Waals surface area contributed by atoms with E-state index in [1.807, 2.05) is 0 Å². The number of rotatable bonds is 2. The summed E-state index contributed by atoms with van der Waals surface area (Å²) in [7, 11) is 0. The Hall–Kier alpha value is -0.850. The summed E-state index contributed by atoms with van der Waals surface area (Å²) in [5.74, 6) is 0.125. The number of hydrogen-bond acceptors (Lipinski definition) is 1. The maximum atomic E-state index is 8.43. The van der Waals surface area contributed by atoms with Crippen LogP contribution in [0.5, 0.6) is 0 Å². The van der Waals surface area contributed by atoms with Crippen molar-refractivity contribution in [1.29, 1.82) is 0 Å². The SMILES string of the molecule is C=C([CH2+])CC(=C)O. The summed E-state index contributed by atoms with van der Waals surface area (Å²) in [6, 6.07) is 0. The van der Waals surface area contributed by atoms with Crippen molar-refractivity contribution in [2.75, 3.05) is 0 Å². The van der Waals surface area contributed by atoms with Crippen molar-refractivity contribution >= 4 is 0 Å². The summed E-state index contributed by atoms with van der Waals surface area (Å²) in [5, 5.41) is 8.43. The molecule has 0 aliphatic carbocycles. The molecule has 1 N–H and O–H groups in total. The lowest BCUT2D eigenvalue weighted by molar-refractivity contribution is 0.402. The van der Waals surface area contributed by atoms with E-state index in [0.717, 1.165) is 0 Å². The lowest BCUT2D eigenvalue weighted by Gasteiger charge is -1.86. The molecule has 0 amide bonds. The molecule has 7 heavy (non-hydrogen) atoms. The van der Waals surface area contributed by atoms with Crippen LogP contribution in [0.3, 0.4) is 0 Å². The molecule has 0 bridgehead atoms. The lowest BCUT2D eigenvalue weighted by atomic mass is 10.2. The van der Waals surface area contributed by atoms with Gasteiger partial charge in [-0.05, 0) is 0 Å². The summed E-state index contributed by atoms with van der Waals surface area (Å²) < 4.78 is 0. The van der Waals surface area contributed by atoms with Crippen molar-refractivity contribution in [1.82, 2.24) is 0 Å². The van der Waals surface area contributed by atoms with Crippen molar-refractivity contribution in [3.05, 3.63) is 31.4 Å². The Morgan fingerprint density at radius 3 is 2.00 bits per heavy atom. The van der Waals surface area contributed by atoms with Crippen LogP contribution in [-0.2, 0) is 0 Å². The van der Waals surface area contributed by atoms with Gasteiger partial charge in [0.1, 0.15) is 5.57 Å². The van der Waals surface area contributed by atoms with E-state index >= 15 is 0 Å². The largest absolute Gasteiger partial charge is 0.512 e. The van der Waals surface area contributed by atoms with Crippen molar-refractivity contribution in [3.63, 3.8) is 0 Å². The average molecular weight is 97.1 g/mol. The number of aliphatic hydroxyl groups excluding tert-OH is 1. The van der Waals surface area contributed by atoms with E-state index in [-0.39, 0.29) is 5.76 Å². The molecule has 0 aliphatic heterocycles. The smallest absolute Gasteiger partial charge is 0.104 e. The van der Waals surface area contributed by atoms with Gasteiger partial charge in [-0.15, -0.1) is 0 Å². The van der Waals surface area contributed by atoms with Crippen LogP contribution in [0.1, 0.15) is 6.42 Å². The van der Waals surface area contributed by atoms with E-state index in [2.05, 4.69) is 20.1 Å². The second-order valence-corrected chi connectivity index (χ2v) is 1.49. The van der Waals surface area contributed by atoms with Crippen LogP contribution in [0.15, 0.2) is 24.5 Å². The normalized spacial score (nSPS) is 8.00. The first-order valence-electron chi connectivity index (χ1n) is 1.99. The molecule has 0 aliphatic rings. The minimum absolute atomic E-state index is 0.125. The zero-order valence-corrected chi connectivity index (χ0v) is 4.28. The molecule has 1 heteroatoms. The van der Waals surface area contributed by atoms with Gasteiger partial charge < -0.3 is 5.11 Å². The molecule has 38 valence electrons. The highest BCUT2D eigenvalue weighted by Crippen LogP contribution is 1.99. The lowest BCUT2D eigenvalue weighted by Crippen LogP contribution is -1.76. The van der Waals surface area contributed by atoms with Crippen LogP contribution in [-0.4, -0.2) is 5.11 Å². The molecule has 0 heterocycles. The fraction of sp³-hybridized carbons (Fsp3) is 0.167. The van der Waals surface area contributed by atoms with Gasteiger partial charge in [0.15, 0.2) is 0 Å². The van der Waals surface area contributed by atoms with Gasteiger partial charge >= 0.3 is 0 Å². The summed E-state index contributed by atoms with van der Waals surface area (Å²) in [5.41, 5.74) is 0.688. The van der Waals surface area contributed by atoms with E-state index in [4.69, 9.17) is 5.11 Å². The topological polar surface area (TPSA) is 20.2 Å². The van der Waals surface area contributed by atoms with Crippen LogP contribution >= 0.6 is 0 Å². The van der Waals surface area contributed by atoms with Crippen LogP contribution in [0.4, 0.5) is 0 Å². The Kier molecular flexibility index (Phi) is 2.06. The second-order valence-electron chi connectivity index (χ2n) is 1.49. The molecule has 0 spiro atoms. The predicted octanol–water partition coefficient (Wildman–Crippen LogP) is 1.84. The fourth-order valence-electron chi connectivity index (χ4n) is 0.289. The van der Waals surface area contributed by atoms with E-state index in [1.54, 1.807) is 0 Å². The first kappa shape index (κ1) is 6.15. The highest BCUT2D eigenvalue weighted by atomic mass is 16.3. The molecule has 0 aromatic heterocycles. The molecule has 0 aromatic carbocycles. The second kappa shape index (κ2) is 2.35. The maximum absolute atomic E-state index is 8.43. The van der Waals surface area contributed by atoms with E-state index in [1.165, 1.54) is 0 Å². The van der Waals surface area contributed by atoms with Gasteiger partial charge in [-0.3, -0.25) is 0 Å². The zero-order chi connectivity index (χ0) is 5.86. The Labute approximate surface area is 44.0 Å². The first-order valence-corrected chi connectivity index (χ1v) is 1.99. The van der Waals surface area contributed by atoms with Gasteiger partial charge in [0.05, 0.1) is 12.2 Å². The Morgan fingerprint density at radius 1 is 1.57 bits per heavy atom. The van der Waals surface area contributed by atoms with E-state index in [9.17, 15) is 0 Å². The molecule has 1 nitrogen and oxygen atoms in total. The Morgan fingerprint density at radius 2 is 2.00 bits per heavy atom. The molecule has 0 saturated heterocycles. The highest BCUT2D eigenvalue weighted by Gasteiger charge is 1.92. The number of allylic oxidation sites excluding steroid dienone is 1. The van der Waals surface area contributed by atoms with Crippen LogP contribution in [0.25, 0.3) is 0 Å². The van der Waals surface area contributed by atoms with Gasteiger partial charge in [0.2, 0.25) is 0 Å². The third-order valence-electron chi connectivity index (χ3n) is 0.454. The third kappa shape index (κ3) is 5.15. The molecule has 0 radical (unpaired) electrons. The first-order chi connectivity index (χ1) is 3.13. The quantitative estimate of drug-likeness (QED) is 0.411. The standard InChI is InChI=1S/C6H8O/c1-5(2)4-6(3)7/h1-4H2/p+1.